The first-order valence-corrected chi connectivity index (χ1v) is 3.89. The highest BCUT2D eigenvalue weighted by Crippen LogP contribution is 2.17. The van der Waals surface area contributed by atoms with Gasteiger partial charge in [-0.2, -0.15) is 0 Å². The van der Waals surface area contributed by atoms with Crippen molar-refractivity contribution < 1.29 is 14.4 Å². The fourth-order valence-corrected chi connectivity index (χ4v) is 1.30. The van der Waals surface area contributed by atoms with Crippen LogP contribution in [0.25, 0.3) is 0 Å². The second kappa shape index (κ2) is 2.66. The molecule has 5 nitrogen and oxygen atoms in total. The summed E-state index contributed by atoms with van der Waals surface area (Å²) < 4.78 is 0. The molecule has 0 bridgehead atoms. The van der Waals surface area contributed by atoms with Crippen molar-refractivity contribution >= 4 is 23.3 Å². The van der Waals surface area contributed by atoms with Crippen LogP contribution in [0, 0.1) is 0 Å². The van der Waals surface area contributed by atoms with Crippen molar-refractivity contribution in [3.8, 4) is 0 Å². The van der Waals surface area contributed by atoms with Gasteiger partial charge in [0.25, 0.3) is 17.6 Å². The van der Waals surface area contributed by atoms with Gasteiger partial charge in [0.2, 0.25) is 0 Å². The van der Waals surface area contributed by atoms with Crippen molar-refractivity contribution in [1.29, 1.82) is 0 Å². The second-order valence-electron chi connectivity index (χ2n) is 2.92. The Bertz CT molecular complexity index is 465. The molecule has 2 rings (SSSR count). The Labute approximate surface area is 78.9 Å². The third kappa shape index (κ3) is 1.06. The number of fused-ring (bicyclic) bond motifs is 1. The highest BCUT2D eigenvalue weighted by molar-refractivity contribution is 6.49. The van der Waals surface area contributed by atoms with Gasteiger partial charge in [0.1, 0.15) is 0 Å². The fraction of sp³-hybridized carbons (Fsp3) is 0. The number of nitrogens with two attached hydrogens (primary N) is 1. The van der Waals surface area contributed by atoms with Gasteiger partial charge in [-0.1, -0.05) is 0 Å². The van der Waals surface area contributed by atoms with Crippen molar-refractivity contribution in [2.75, 3.05) is 5.73 Å². The number of imide groups is 1. The number of ketones is 1. The summed E-state index contributed by atoms with van der Waals surface area (Å²) in [6.45, 7) is 0. The summed E-state index contributed by atoms with van der Waals surface area (Å²) in [5.41, 5.74) is 6.04. The number of anilines is 1. The van der Waals surface area contributed by atoms with Gasteiger partial charge in [-0.25, -0.2) is 0 Å². The van der Waals surface area contributed by atoms with Gasteiger partial charge in [-0.15, -0.1) is 0 Å². The Balaban J connectivity index is 2.68. The summed E-state index contributed by atoms with van der Waals surface area (Å²) in [4.78, 5) is 33.5. The van der Waals surface area contributed by atoms with Crippen molar-refractivity contribution in [1.82, 2.24) is 5.32 Å². The maximum absolute atomic E-state index is 11.3. The van der Waals surface area contributed by atoms with Crippen LogP contribution in [0.3, 0.4) is 0 Å². The molecule has 5 heteroatoms. The minimum absolute atomic E-state index is 0.0683. The van der Waals surface area contributed by atoms with Crippen LogP contribution >= 0.6 is 0 Å². The molecule has 1 aromatic carbocycles. The zero-order valence-corrected chi connectivity index (χ0v) is 7.03. The Morgan fingerprint density at radius 2 is 1.71 bits per heavy atom. The van der Waals surface area contributed by atoms with Crippen LogP contribution in [0.4, 0.5) is 5.69 Å². The second-order valence-corrected chi connectivity index (χ2v) is 2.92. The fourth-order valence-electron chi connectivity index (χ4n) is 1.30. The highest BCUT2D eigenvalue weighted by atomic mass is 16.2. The molecule has 1 aromatic rings. The largest absolute Gasteiger partial charge is 0.399 e. The monoisotopic (exact) mass is 190 g/mol. The Kier molecular flexibility index (Phi) is 1.60. The van der Waals surface area contributed by atoms with E-state index in [4.69, 9.17) is 5.73 Å². The van der Waals surface area contributed by atoms with E-state index in [0.29, 0.717) is 5.69 Å². The number of amides is 2. The molecular formula is C9H6N2O3. The minimum atomic E-state index is -0.909. The topological polar surface area (TPSA) is 89.3 Å². The third-order valence-corrected chi connectivity index (χ3v) is 1.97. The van der Waals surface area contributed by atoms with Gasteiger partial charge < -0.3 is 5.73 Å². The molecule has 0 radical (unpaired) electrons. The Morgan fingerprint density at radius 3 is 2.43 bits per heavy atom. The van der Waals surface area contributed by atoms with Gasteiger partial charge in [0.15, 0.2) is 0 Å². The first kappa shape index (κ1) is 8.43. The van der Waals surface area contributed by atoms with E-state index >= 15 is 0 Å². The van der Waals surface area contributed by atoms with Crippen LogP contribution in [0.2, 0.25) is 0 Å². The van der Waals surface area contributed by atoms with Gasteiger partial charge in [-0.3, -0.25) is 19.7 Å². The average molecular weight is 190 g/mol. The lowest BCUT2D eigenvalue weighted by molar-refractivity contribution is -0.116. The van der Waals surface area contributed by atoms with E-state index < -0.39 is 17.6 Å². The Hall–Kier alpha value is -2.17. The summed E-state index contributed by atoms with van der Waals surface area (Å²) in [6.07, 6.45) is 0. The molecule has 2 amide bonds. The molecule has 0 fully saturated rings. The van der Waals surface area contributed by atoms with Crippen LogP contribution in [-0.2, 0) is 4.79 Å². The number of carbonyl (C=O) groups excluding carboxylic acids is 3. The molecule has 0 aromatic heterocycles. The molecule has 0 atom stereocenters. The lowest BCUT2D eigenvalue weighted by Gasteiger charge is -2.13. The van der Waals surface area contributed by atoms with E-state index in [2.05, 4.69) is 0 Å². The predicted molar refractivity (Wildman–Crippen MR) is 47.7 cm³/mol. The van der Waals surface area contributed by atoms with Crippen LogP contribution < -0.4 is 11.1 Å². The van der Waals surface area contributed by atoms with E-state index in [0.717, 1.165) is 0 Å². The molecule has 1 heterocycles. The third-order valence-electron chi connectivity index (χ3n) is 1.97. The predicted octanol–water partition coefficient (Wildman–Crippen LogP) is -0.278. The standard InChI is InChI=1S/C9H6N2O3/c10-4-1-2-5-6(3-4)7(12)9(14)11-8(5)13/h1-3H,10H2,(H,11,13,14). The number of hydrogen-bond donors (Lipinski definition) is 2. The summed E-state index contributed by atoms with van der Waals surface area (Å²) in [7, 11) is 0. The van der Waals surface area contributed by atoms with Gasteiger partial charge in [0.05, 0.1) is 5.56 Å². The molecule has 70 valence electrons. The first-order chi connectivity index (χ1) is 6.59. The number of rotatable bonds is 0. The summed E-state index contributed by atoms with van der Waals surface area (Å²) in [5.74, 6) is -2.20. The van der Waals surface area contributed by atoms with E-state index in [9.17, 15) is 14.4 Å². The lowest BCUT2D eigenvalue weighted by atomic mass is 9.98. The number of nitrogens with one attached hydrogen (secondary N) is 1. The van der Waals surface area contributed by atoms with E-state index in [1.165, 1.54) is 18.2 Å². The summed E-state index contributed by atoms with van der Waals surface area (Å²) in [6, 6.07) is 4.25. The van der Waals surface area contributed by atoms with Crippen molar-refractivity contribution in [3.63, 3.8) is 0 Å². The van der Waals surface area contributed by atoms with E-state index in [-0.39, 0.29) is 11.1 Å². The van der Waals surface area contributed by atoms with Gasteiger partial charge in [0, 0.05) is 11.3 Å². The smallest absolute Gasteiger partial charge is 0.299 e. The number of hydrogen-bond acceptors (Lipinski definition) is 4. The molecule has 14 heavy (non-hydrogen) atoms. The molecule has 1 aliphatic rings. The number of benzene rings is 1. The van der Waals surface area contributed by atoms with Gasteiger partial charge >= 0.3 is 0 Å². The molecule has 1 aliphatic heterocycles. The SMILES string of the molecule is Nc1ccc2c(c1)C(=O)C(=O)NC2=O. The average Bonchev–Trinajstić information content (AvgIpc) is 2.14. The molecule has 0 saturated carbocycles. The minimum Gasteiger partial charge on any atom is -0.399 e. The molecular weight excluding hydrogens is 184 g/mol. The zero-order valence-electron chi connectivity index (χ0n) is 7.03. The molecule has 0 spiro atoms. The van der Waals surface area contributed by atoms with Crippen molar-refractivity contribution in [2.24, 2.45) is 0 Å². The van der Waals surface area contributed by atoms with E-state index in [1.54, 1.807) is 0 Å². The summed E-state index contributed by atoms with van der Waals surface area (Å²) in [5, 5.41) is 1.94. The normalized spacial score (nSPS) is 15.0. The summed E-state index contributed by atoms with van der Waals surface area (Å²) >= 11 is 0. The van der Waals surface area contributed by atoms with Crippen LogP contribution in [0.15, 0.2) is 18.2 Å². The van der Waals surface area contributed by atoms with Crippen LogP contribution in [0.5, 0.6) is 0 Å². The molecule has 0 unspecified atom stereocenters. The van der Waals surface area contributed by atoms with Crippen LogP contribution in [-0.4, -0.2) is 17.6 Å². The number of nitrogen functional groups attached to an aromatic ring is 1. The van der Waals surface area contributed by atoms with Gasteiger partial charge in [-0.05, 0) is 18.2 Å². The molecule has 0 saturated heterocycles. The van der Waals surface area contributed by atoms with Crippen molar-refractivity contribution in [2.45, 2.75) is 0 Å². The number of carbonyl (C=O) groups is 3. The lowest BCUT2D eigenvalue weighted by Crippen LogP contribution is -2.42. The highest BCUT2D eigenvalue weighted by Gasteiger charge is 2.30. The maximum Gasteiger partial charge on any atom is 0.299 e. The zero-order chi connectivity index (χ0) is 10.3. The maximum atomic E-state index is 11.3. The van der Waals surface area contributed by atoms with Crippen LogP contribution in [0.1, 0.15) is 20.7 Å². The van der Waals surface area contributed by atoms with E-state index in [1.807, 2.05) is 5.32 Å². The quantitative estimate of drug-likeness (QED) is 0.334. The van der Waals surface area contributed by atoms with Crippen molar-refractivity contribution in [3.05, 3.63) is 29.3 Å². The first-order valence-electron chi connectivity index (χ1n) is 3.89. The Morgan fingerprint density at radius 1 is 1.00 bits per heavy atom. The molecule has 3 N–H and O–H groups in total. The number of Topliss-reactive ketones (excluding diaryl/α,β-unsaturated/α-hetero) is 1. The molecule has 0 aliphatic carbocycles.